The van der Waals surface area contributed by atoms with E-state index in [0.29, 0.717) is 0 Å². The largest absolute Gasteiger partial charge is 0.353 e. The van der Waals surface area contributed by atoms with E-state index in [1.165, 1.54) is 0 Å². The van der Waals surface area contributed by atoms with E-state index in [9.17, 15) is 0 Å². The van der Waals surface area contributed by atoms with Crippen molar-refractivity contribution in [2.75, 3.05) is 37.6 Å². The Morgan fingerprint density at radius 2 is 1.58 bits per heavy atom. The van der Waals surface area contributed by atoms with E-state index in [0.717, 1.165) is 62.3 Å². The lowest BCUT2D eigenvalue weighted by Crippen LogP contribution is -2.47. The first-order chi connectivity index (χ1) is 12.7. The van der Waals surface area contributed by atoms with Crippen LogP contribution in [-0.4, -0.2) is 72.6 Å². The number of rotatable bonds is 5. The summed E-state index contributed by atoms with van der Waals surface area (Å²) in [4.78, 5) is 6.44. The van der Waals surface area contributed by atoms with Gasteiger partial charge in [0, 0.05) is 38.4 Å². The van der Waals surface area contributed by atoms with Crippen LogP contribution in [0.2, 0.25) is 0 Å². The fourth-order valence-electron chi connectivity index (χ4n) is 3.25. The van der Waals surface area contributed by atoms with Crippen LogP contribution in [0.25, 0.3) is 5.82 Å². The minimum absolute atomic E-state index is 0.754. The Hall–Kier alpha value is -2.81. The third-order valence-electron chi connectivity index (χ3n) is 4.64. The van der Waals surface area contributed by atoms with Crippen LogP contribution in [0.5, 0.6) is 0 Å². The first-order valence-electron chi connectivity index (χ1n) is 8.88. The van der Waals surface area contributed by atoms with Crippen LogP contribution in [0.3, 0.4) is 0 Å². The van der Waals surface area contributed by atoms with Gasteiger partial charge in [-0.05, 0) is 32.0 Å². The molecular weight excluding hydrogens is 330 g/mol. The Morgan fingerprint density at radius 1 is 0.885 bits per heavy atom. The number of aromatic nitrogens is 7. The van der Waals surface area contributed by atoms with Gasteiger partial charge in [-0.25, -0.2) is 4.68 Å². The smallest absolute Gasteiger partial charge is 0.176 e. The molecule has 0 aliphatic carbocycles. The minimum Gasteiger partial charge on any atom is -0.353 e. The summed E-state index contributed by atoms with van der Waals surface area (Å²) in [7, 11) is 0. The molecule has 4 heterocycles. The Balaban J connectivity index is 1.33. The summed E-state index contributed by atoms with van der Waals surface area (Å²) in [6, 6.07) is 6.05. The highest BCUT2D eigenvalue weighted by molar-refractivity contribution is 5.40. The van der Waals surface area contributed by atoms with Crippen molar-refractivity contribution in [2.24, 2.45) is 0 Å². The van der Waals surface area contributed by atoms with Crippen LogP contribution in [0.4, 0.5) is 5.82 Å². The van der Waals surface area contributed by atoms with E-state index in [1.54, 1.807) is 17.2 Å². The monoisotopic (exact) mass is 353 g/mol. The normalized spacial score (nSPS) is 15.5. The second kappa shape index (κ2) is 7.20. The maximum Gasteiger partial charge on any atom is 0.176 e. The highest BCUT2D eigenvalue weighted by Crippen LogP contribution is 2.15. The lowest BCUT2D eigenvalue weighted by molar-refractivity contribution is 0.239. The van der Waals surface area contributed by atoms with Crippen molar-refractivity contribution in [3.63, 3.8) is 0 Å². The lowest BCUT2D eigenvalue weighted by atomic mass is 10.3. The van der Waals surface area contributed by atoms with Gasteiger partial charge in [0.1, 0.15) is 0 Å². The summed E-state index contributed by atoms with van der Waals surface area (Å²) >= 11 is 0. The molecule has 0 unspecified atom stereocenters. The van der Waals surface area contributed by atoms with Crippen LogP contribution in [0.1, 0.15) is 11.4 Å². The first-order valence-corrected chi connectivity index (χ1v) is 8.88. The Labute approximate surface area is 152 Å². The van der Waals surface area contributed by atoms with Gasteiger partial charge in [0.15, 0.2) is 11.6 Å². The molecule has 0 saturated carbocycles. The maximum atomic E-state index is 4.46. The second-order valence-electron chi connectivity index (χ2n) is 6.54. The van der Waals surface area contributed by atoms with Gasteiger partial charge >= 0.3 is 0 Å². The van der Waals surface area contributed by atoms with Crippen LogP contribution in [0, 0.1) is 13.8 Å². The van der Waals surface area contributed by atoms with Gasteiger partial charge in [-0.15, -0.1) is 10.2 Å². The summed E-state index contributed by atoms with van der Waals surface area (Å²) in [5.41, 5.74) is 2.04. The predicted octanol–water partition coefficient (Wildman–Crippen LogP) is 0.693. The van der Waals surface area contributed by atoms with Crippen LogP contribution in [0.15, 0.2) is 30.6 Å². The van der Waals surface area contributed by atoms with E-state index in [2.05, 4.69) is 35.3 Å². The van der Waals surface area contributed by atoms with Crippen molar-refractivity contribution in [1.29, 1.82) is 0 Å². The van der Waals surface area contributed by atoms with Crippen molar-refractivity contribution in [3.05, 3.63) is 42.0 Å². The standard InChI is InChI=1S/C17H23N9/c1-14-13-15(2)26(22-14)17-4-3-16(20-21-17)24-10-7-23(8-11-24)9-12-25-18-5-6-19-25/h3-6,13H,7-12H2,1-2H3. The summed E-state index contributed by atoms with van der Waals surface area (Å²) < 4.78 is 1.83. The van der Waals surface area contributed by atoms with Crippen molar-refractivity contribution in [2.45, 2.75) is 20.4 Å². The number of hydrogen-bond acceptors (Lipinski definition) is 7. The number of nitrogens with zero attached hydrogens (tertiary/aromatic N) is 9. The third-order valence-corrected chi connectivity index (χ3v) is 4.64. The Bertz CT molecular complexity index is 830. The van der Waals surface area contributed by atoms with Gasteiger partial charge in [0.25, 0.3) is 0 Å². The zero-order chi connectivity index (χ0) is 17.9. The van der Waals surface area contributed by atoms with Gasteiger partial charge in [0.2, 0.25) is 0 Å². The van der Waals surface area contributed by atoms with E-state index in [1.807, 2.05) is 36.7 Å². The van der Waals surface area contributed by atoms with Gasteiger partial charge in [-0.2, -0.15) is 20.1 Å². The second-order valence-corrected chi connectivity index (χ2v) is 6.54. The molecule has 3 aromatic heterocycles. The zero-order valence-electron chi connectivity index (χ0n) is 15.2. The molecular formula is C17H23N9. The fraction of sp³-hybridized carbons (Fsp3) is 0.471. The Morgan fingerprint density at radius 3 is 2.19 bits per heavy atom. The highest BCUT2D eigenvalue weighted by Gasteiger charge is 2.18. The van der Waals surface area contributed by atoms with Gasteiger partial charge in [-0.1, -0.05) is 0 Å². The van der Waals surface area contributed by atoms with E-state index < -0.39 is 0 Å². The molecule has 0 amide bonds. The molecule has 0 aromatic carbocycles. The number of anilines is 1. The molecule has 3 aromatic rings. The van der Waals surface area contributed by atoms with Gasteiger partial charge in [-0.3, -0.25) is 4.90 Å². The van der Waals surface area contributed by atoms with Crippen LogP contribution < -0.4 is 4.90 Å². The summed E-state index contributed by atoms with van der Waals surface area (Å²) in [6.45, 7) is 9.68. The first kappa shape index (κ1) is 16.6. The molecule has 4 rings (SSSR count). The molecule has 0 spiro atoms. The fourth-order valence-corrected chi connectivity index (χ4v) is 3.25. The summed E-state index contributed by atoms with van der Waals surface area (Å²) in [5, 5.41) is 21.5. The molecule has 26 heavy (non-hydrogen) atoms. The van der Waals surface area contributed by atoms with E-state index >= 15 is 0 Å². The van der Waals surface area contributed by atoms with E-state index in [-0.39, 0.29) is 0 Å². The quantitative estimate of drug-likeness (QED) is 0.668. The average molecular weight is 353 g/mol. The lowest BCUT2D eigenvalue weighted by Gasteiger charge is -2.35. The summed E-state index contributed by atoms with van der Waals surface area (Å²) in [5.74, 6) is 1.67. The molecule has 1 fully saturated rings. The van der Waals surface area contributed by atoms with E-state index in [4.69, 9.17) is 0 Å². The van der Waals surface area contributed by atoms with Crippen molar-refractivity contribution in [3.8, 4) is 5.82 Å². The third kappa shape index (κ3) is 3.57. The molecule has 9 nitrogen and oxygen atoms in total. The van der Waals surface area contributed by atoms with Gasteiger partial charge in [0.05, 0.1) is 24.6 Å². The van der Waals surface area contributed by atoms with Crippen LogP contribution in [-0.2, 0) is 6.54 Å². The number of hydrogen-bond donors (Lipinski definition) is 0. The molecule has 1 aliphatic heterocycles. The Kier molecular flexibility index (Phi) is 4.61. The van der Waals surface area contributed by atoms with Crippen molar-refractivity contribution >= 4 is 5.82 Å². The molecule has 0 atom stereocenters. The number of aryl methyl sites for hydroxylation is 2. The molecule has 9 heteroatoms. The molecule has 0 radical (unpaired) electrons. The maximum absolute atomic E-state index is 4.46. The predicted molar refractivity (Wildman–Crippen MR) is 97.3 cm³/mol. The van der Waals surface area contributed by atoms with Crippen LogP contribution >= 0.6 is 0 Å². The SMILES string of the molecule is Cc1cc(C)n(-c2ccc(N3CCN(CCn4nccn4)CC3)nn2)n1. The average Bonchev–Trinajstić information content (AvgIpc) is 3.30. The molecule has 0 bridgehead atoms. The minimum atomic E-state index is 0.754. The van der Waals surface area contributed by atoms with Gasteiger partial charge < -0.3 is 4.90 Å². The molecule has 0 N–H and O–H groups in total. The molecule has 1 saturated heterocycles. The van der Waals surface area contributed by atoms with Crippen molar-refractivity contribution < 1.29 is 0 Å². The van der Waals surface area contributed by atoms with Crippen molar-refractivity contribution in [1.82, 2.24) is 39.9 Å². The highest BCUT2D eigenvalue weighted by atomic mass is 15.5. The molecule has 136 valence electrons. The summed E-state index contributed by atoms with van der Waals surface area (Å²) in [6.07, 6.45) is 3.43. The number of piperazine rings is 1. The molecule has 1 aliphatic rings. The topological polar surface area (TPSA) is 80.8 Å². The zero-order valence-corrected chi connectivity index (χ0v) is 15.2.